The normalized spacial score (nSPS) is 10.7. The Morgan fingerprint density at radius 3 is 1.39 bits per heavy atom. The number of aromatic nitrogens is 2. The molecular formula is C28H32Cl2N4O2. The van der Waals surface area contributed by atoms with E-state index in [1.807, 2.05) is 24.5 Å². The maximum atomic E-state index is 6.05. The number of aromatic amines is 2. The number of halogens is 2. The van der Waals surface area contributed by atoms with Gasteiger partial charge in [-0.05, 0) is 84.6 Å². The lowest BCUT2D eigenvalue weighted by molar-refractivity contribution is 0.303. The third-order valence-corrected chi connectivity index (χ3v) is 6.14. The smallest absolute Gasteiger partial charge is 0.120 e. The summed E-state index contributed by atoms with van der Waals surface area (Å²) in [5.74, 6) is 1.71. The van der Waals surface area contributed by atoms with Gasteiger partial charge in [0.15, 0.2) is 0 Å². The van der Waals surface area contributed by atoms with E-state index in [1.54, 1.807) is 0 Å². The molecule has 0 saturated heterocycles. The Morgan fingerprint density at radius 1 is 0.583 bits per heavy atom. The van der Waals surface area contributed by atoms with Gasteiger partial charge in [-0.2, -0.15) is 0 Å². The predicted molar refractivity (Wildman–Crippen MR) is 152 cm³/mol. The second-order valence-corrected chi connectivity index (χ2v) is 8.51. The summed E-state index contributed by atoms with van der Waals surface area (Å²) in [4.78, 5) is 6.58. The summed E-state index contributed by atoms with van der Waals surface area (Å²) in [6, 6.07) is 20.6. The van der Waals surface area contributed by atoms with Gasteiger partial charge in [0.25, 0.3) is 0 Å². The first-order valence-corrected chi connectivity index (χ1v) is 11.7. The van der Waals surface area contributed by atoms with E-state index in [0.29, 0.717) is 26.3 Å². The third kappa shape index (κ3) is 6.15. The van der Waals surface area contributed by atoms with Gasteiger partial charge in [-0.1, -0.05) is 24.3 Å². The first-order valence-electron chi connectivity index (χ1n) is 11.7. The zero-order valence-electron chi connectivity index (χ0n) is 20.0. The van der Waals surface area contributed by atoms with Crippen LogP contribution in [-0.4, -0.2) is 23.1 Å². The fraction of sp³-hybridized carbons (Fsp3) is 0.214. The quantitative estimate of drug-likeness (QED) is 0.188. The van der Waals surface area contributed by atoms with Crippen LogP contribution in [0.4, 0.5) is 0 Å². The first-order chi connectivity index (χ1) is 16.7. The Hall–Kier alpha value is -3.16. The number of nitrogens with one attached hydrogen (secondary N) is 2. The van der Waals surface area contributed by atoms with Crippen molar-refractivity contribution in [2.24, 2.45) is 11.5 Å². The van der Waals surface area contributed by atoms with Crippen molar-refractivity contribution < 1.29 is 9.47 Å². The molecular weight excluding hydrogens is 495 g/mol. The summed E-state index contributed by atoms with van der Waals surface area (Å²) in [6.45, 7) is 2.28. The Kier molecular flexibility index (Phi) is 9.67. The van der Waals surface area contributed by atoms with Crippen LogP contribution in [0.3, 0.4) is 0 Å². The van der Waals surface area contributed by atoms with Crippen molar-refractivity contribution in [3.8, 4) is 11.5 Å². The van der Waals surface area contributed by atoms with Crippen LogP contribution in [0.1, 0.15) is 22.3 Å². The number of fused-ring (bicyclic) bond motifs is 2. The van der Waals surface area contributed by atoms with E-state index in [9.17, 15) is 0 Å². The molecule has 0 amide bonds. The molecule has 0 saturated carbocycles. The fourth-order valence-electron chi connectivity index (χ4n) is 4.28. The molecule has 0 unspecified atom stereocenters. The van der Waals surface area contributed by atoms with Crippen molar-refractivity contribution >= 4 is 46.6 Å². The summed E-state index contributed by atoms with van der Waals surface area (Å²) in [5.41, 5.74) is 18.3. The van der Waals surface area contributed by atoms with Crippen LogP contribution in [-0.2, 0) is 26.1 Å². The summed E-state index contributed by atoms with van der Waals surface area (Å²) >= 11 is 0. The highest BCUT2D eigenvalue weighted by Gasteiger charge is 2.07. The van der Waals surface area contributed by atoms with Gasteiger partial charge in [0, 0.05) is 34.2 Å². The average molecular weight is 527 g/mol. The van der Waals surface area contributed by atoms with Gasteiger partial charge in [-0.15, -0.1) is 24.8 Å². The highest BCUT2D eigenvalue weighted by Crippen LogP contribution is 2.26. The van der Waals surface area contributed by atoms with E-state index >= 15 is 0 Å². The Morgan fingerprint density at radius 2 is 1.00 bits per heavy atom. The van der Waals surface area contributed by atoms with E-state index in [-0.39, 0.29) is 24.8 Å². The summed E-state index contributed by atoms with van der Waals surface area (Å²) < 4.78 is 12.1. The first kappa shape index (κ1) is 27.4. The van der Waals surface area contributed by atoms with Crippen molar-refractivity contribution in [3.05, 3.63) is 95.3 Å². The van der Waals surface area contributed by atoms with E-state index in [4.69, 9.17) is 20.9 Å². The van der Waals surface area contributed by atoms with Gasteiger partial charge in [-0.3, -0.25) is 0 Å². The molecule has 0 atom stereocenters. The number of ether oxygens (including phenoxy) is 2. The van der Waals surface area contributed by atoms with Gasteiger partial charge in [-0.25, -0.2) is 0 Å². The molecule has 2 heterocycles. The molecule has 0 spiro atoms. The molecule has 0 aliphatic rings. The number of rotatable bonds is 10. The largest absolute Gasteiger partial charge is 0.489 e. The molecule has 0 radical (unpaired) electrons. The van der Waals surface area contributed by atoms with Crippen LogP contribution in [0.2, 0.25) is 0 Å². The maximum absolute atomic E-state index is 6.05. The fourth-order valence-corrected chi connectivity index (χ4v) is 4.28. The molecule has 6 nitrogen and oxygen atoms in total. The van der Waals surface area contributed by atoms with Crippen molar-refractivity contribution in [1.82, 2.24) is 9.97 Å². The molecule has 6 N–H and O–H groups in total. The van der Waals surface area contributed by atoms with Crippen molar-refractivity contribution in [3.63, 3.8) is 0 Å². The number of H-pyrrole nitrogens is 2. The minimum Gasteiger partial charge on any atom is -0.489 e. The van der Waals surface area contributed by atoms with Crippen LogP contribution < -0.4 is 20.9 Å². The number of benzene rings is 3. The van der Waals surface area contributed by atoms with Crippen LogP contribution >= 0.6 is 24.8 Å². The highest BCUT2D eigenvalue weighted by atomic mass is 35.5. The lowest BCUT2D eigenvalue weighted by Gasteiger charge is -2.09. The molecule has 3 aromatic carbocycles. The van der Waals surface area contributed by atoms with E-state index < -0.39 is 0 Å². The SMILES string of the molecule is Cl.Cl.NCCc1c[nH]c2ccc(OCc3ccc(COc4ccc5[nH]cc(CCN)c5c4)cc3)cc12. The minimum atomic E-state index is 0. The molecule has 0 aliphatic carbocycles. The molecule has 8 heteroatoms. The maximum Gasteiger partial charge on any atom is 0.120 e. The van der Waals surface area contributed by atoms with Crippen molar-refractivity contribution in [2.45, 2.75) is 26.1 Å². The molecule has 190 valence electrons. The number of hydrogen-bond donors (Lipinski definition) is 4. The highest BCUT2D eigenvalue weighted by molar-refractivity contribution is 5.86. The third-order valence-electron chi connectivity index (χ3n) is 6.14. The van der Waals surface area contributed by atoms with Gasteiger partial charge < -0.3 is 30.9 Å². The van der Waals surface area contributed by atoms with Crippen LogP contribution in [0.15, 0.2) is 73.1 Å². The molecule has 5 rings (SSSR count). The molecule has 0 aliphatic heterocycles. The molecule has 36 heavy (non-hydrogen) atoms. The van der Waals surface area contributed by atoms with E-state index in [1.165, 1.54) is 21.9 Å². The molecule has 2 aromatic heterocycles. The second kappa shape index (κ2) is 12.7. The van der Waals surface area contributed by atoms with E-state index in [2.05, 4.69) is 58.5 Å². The topological polar surface area (TPSA) is 102 Å². The zero-order chi connectivity index (χ0) is 23.3. The van der Waals surface area contributed by atoms with Gasteiger partial charge in [0.1, 0.15) is 24.7 Å². The second-order valence-electron chi connectivity index (χ2n) is 8.51. The summed E-state index contributed by atoms with van der Waals surface area (Å²) in [7, 11) is 0. The van der Waals surface area contributed by atoms with Gasteiger partial charge in [0.2, 0.25) is 0 Å². The predicted octanol–water partition coefficient (Wildman–Crippen LogP) is 5.65. The molecule has 5 aromatic rings. The Labute approximate surface area is 223 Å². The van der Waals surface area contributed by atoms with Crippen LogP contribution in [0.5, 0.6) is 11.5 Å². The lowest BCUT2D eigenvalue weighted by atomic mass is 10.1. The van der Waals surface area contributed by atoms with Crippen molar-refractivity contribution in [2.75, 3.05) is 13.1 Å². The van der Waals surface area contributed by atoms with Gasteiger partial charge in [0.05, 0.1) is 0 Å². The minimum absolute atomic E-state index is 0. The molecule has 0 fully saturated rings. The van der Waals surface area contributed by atoms with E-state index in [0.717, 1.165) is 46.5 Å². The van der Waals surface area contributed by atoms with Crippen LogP contribution in [0, 0.1) is 0 Å². The molecule has 0 bridgehead atoms. The zero-order valence-corrected chi connectivity index (χ0v) is 21.6. The van der Waals surface area contributed by atoms with Gasteiger partial charge >= 0.3 is 0 Å². The average Bonchev–Trinajstić information content (AvgIpc) is 3.46. The van der Waals surface area contributed by atoms with Crippen LogP contribution in [0.25, 0.3) is 21.8 Å². The Balaban J connectivity index is 0.00000180. The van der Waals surface area contributed by atoms with Crippen molar-refractivity contribution in [1.29, 1.82) is 0 Å². The number of nitrogens with two attached hydrogens (primary N) is 2. The monoisotopic (exact) mass is 526 g/mol. The number of hydrogen-bond acceptors (Lipinski definition) is 4. The lowest BCUT2D eigenvalue weighted by Crippen LogP contribution is -2.02. The Bertz CT molecular complexity index is 1290. The standard InChI is InChI=1S/C28H30N4O2.2ClH/c29-11-9-21-15-31-27-7-5-23(13-25(21)27)33-17-19-1-2-20(4-3-19)18-34-24-6-8-28-26(14-24)22(10-12-30)16-32-28;;/h1-8,13-16,31-32H,9-12,17-18,29-30H2;2*1H. The summed E-state index contributed by atoms with van der Waals surface area (Å²) in [6.07, 6.45) is 5.75. The summed E-state index contributed by atoms with van der Waals surface area (Å²) in [5, 5.41) is 2.34.